The van der Waals surface area contributed by atoms with Gasteiger partial charge in [0.2, 0.25) is 0 Å². The summed E-state index contributed by atoms with van der Waals surface area (Å²) in [6.45, 7) is 1.72. The summed E-state index contributed by atoms with van der Waals surface area (Å²) in [6.07, 6.45) is -0.827. The van der Waals surface area contributed by atoms with Crippen LogP contribution in [0.4, 0.5) is 5.69 Å². The van der Waals surface area contributed by atoms with Crippen molar-refractivity contribution in [3.8, 4) is 0 Å². The van der Waals surface area contributed by atoms with Gasteiger partial charge in [-0.2, -0.15) is 0 Å². The van der Waals surface area contributed by atoms with E-state index in [0.717, 1.165) is 0 Å². The smallest absolute Gasteiger partial charge is 0.263 e. The molecule has 0 amide bonds. The predicted octanol–water partition coefficient (Wildman–Crippen LogP) is -0.152. The van der Waals surface area contributed by atoms with Gasteiger partial charge in [-0.15, -0.1) is 0 Å². The Morgan fingerprint density at radius 1 is 1.38 bits per heavy atom. The van der Waals surface area contributed by atoms with Gasteiger partial charge in [0, 0.05) is 5.69 Å². The molecule has 0 spiro atoms. The van der Waals surface area contributed by atoms with Gasteiger partial charge >= 0.3 is 0 Å². The molecule has 7 nitrogen and oxygen atoms in total. The quantitative estimate of drug-likeness (QED) is 0.543. The van der Waals surface area contributed by atoms with Crippen molar-refractivity contribution in [2.75, 3.05) is 5.73 Å². The Labute approximate surface area is 121 Å². The zero-order chi connectivity index (χ0) is 15.1. The molecule has 7 heteroatoms. The summed E-state index contributed by atoms with van der Waals surface area (Å²) in [5.74, 6) is 0.514. The van der Waals surface area contributed by atoms with Crippen molar-refractivity contribution in [3.63, 3.8) is 0 Å². The topological polar surface area (TPSA) is 113 Å². The van der Waals surface area contributed by atoms with Gasteiger partial charge < -0.3 is 15.9 Å². The molecule has 1 aromatic heterocycles. The molecule has 3 rings (SSSR count). The molecule has 112 valence electrons. The molecule has 0 aliphatic carbocycles. The van der Waals surface area contributed by atoms with Gasteiger partial charge in [0.05, 0.1) is 16.9 Å². The molecule has 2 heterocycles. The fourth-order valence-electron chi connectivity index (χ4n) is 2.92. The van der Waals surface area contributed by atoms with Crippen LogP contribution >= 0.6 is 0 Å². The normalized spacial score (nSPS) is 26.1. The highest BCUT2D eigenvalue weighted by Gasteiger charge is 2.31. The second-order valence-electron chi connectivity index (χ2n) is 5.35. The lowest BCUT2D eigenvalue weighted by Gasteiger charge is -2.33. The second-order valence-corrected chi connectivity index (χ2v) is 5.35. The summed E-state index contributed by atoms with van der Waals surface area (Å²) in [5, 5.41) is 22.6. The van der Waals surface area contributed by atoms with E-state index in [0.29, 0.717) is 35.3 Å². The summed E-state index contributed by atoms with van der Waals surface area (Å²) in [6, 6.07) is 4.67. The molecule has 5 N–H and O–H groups in total. The number of aliphatic hydroxyl groups is 2. The average molecular weight is 290 g/mol. The largest absolute Gasteiger partial charge is 0.398 e. The number of hydrogen-bond donors (Lipinski definition) is 4. The van der Waals surface area contributed by atoms with Crippen LogP contribution in [0.15, 0.2) is 23.0 Å². The van der Waals surface area contributed by atoms with Crippen molar-refractivity contribution < 1.29 is 10.2 Å². The third-order valence-electron chi connectivity index (χ3n) is 3.93. The molecular weight excluding hydrogens is 272 g/mol. The standard InChI is InChI=1S/C14H18N4O3/c1-7-16-9-4-2-3-8(15)12(9)14(21)18(7)10-5-6-11(19)17-13(10)20/h2-4,10-11,13,17,19-20H,5-6,15H2,1H3. The summed E-state index contributed by atoms with van der Waals surface area (Å²) >= 11 is 0. The van der Waals surface area contributed by atoms with E-state index >= 15 is 0 Å². The number of benzene rings is 1. The summed E-state index contributed by atoms with van der Waals surface area (Å²) in [5.41, 5.74) is 6.55. The van der Waals surface area contributed by atoms with E-state index in [4.69, 9.17) is 5.73 Å². The number of nitrogens with one attached hydrogen (secondary N) is 1. The lowest BCUT2D eigenvalue weighted by Crippen LogP contribution is -2.50. The van der Waals surface area contributed by atoms with Crippen molar-refractivity contribution in [2.45, 2.75) is 38.3 Å². The number of hydrogen-bond acceptors (Lipinski definition) is 6. The number of piperidine rings is 1. The molecule has 2 aromatic rings. The number of nitrogens with two attached hydrogens (primary N) is 1. The van der Waals surface area contributed by atoms with Crippen LogP contribution < -0.4 is 16.6 Å². The third-order valence-corrected chi connectivity index (χ3v) is 3.93. The molecule has 0 radical (unpaired) electrons. The number of aryl methyl sites for hydroxylation is 1. The minimum Gasteiger partial charge on any atom is -0.398 e. The van der Waals surface area contributed by atoms with Crippen molar-refractivity contribution in [2.24, 2.45) is 0 Å². The highest BCUT2D eigenvalue weighted by Crippen LogP contribution is 2.24. The number of aromatic nitrogens is 2. The second kappa shape index (κ2) is 5.10. The summed E-state index contributed by atoms with van der Waals surface area (Å²) < 4.78 is 1.46. The average Bonchev–Trinajstić information content (AvgIpc) is 2.40. The molecule has 1 aliphatic rings. The number of nitrogen functional groups attached to an aromatic ring is 1. The van der Waals surface area contributed by atoms with Gasteiger partial charge in [-0.05, 0) is 31.9 Å². The molecule has 1 fully saturated rings. The Bertz CT molecular complexity index is 743. The molecule has 1 aliphatic heterocycles. The minimum absolute atomic E-state index is 0.266. The predicted molar refractivity (Wildman–Crippen MR) is 78.6 cm³/mol. The monoisotopic (exact) mass is 290 g/mol. The van der Waals surface area contributed by atoms with Crippen molar-refractivity contribution in [1.82, 2.24) is 14.9 Å². The van der Waals surface area contributed by atoms with Gasteiger partial charge in [-0.25, -0.2) is 4.98 Å². The SMILES string of the molecule is Cc1nc2cccc(N)c2c(=O)n1C1CCC(O)NC1O. The Balaban J connectivity index is 2.19. The van der Waals surface area contributed by atoms with E-state index in [1.165, 1.54) is 4.57 Å². The molecule has 0 bridgehead atoms. The first-order chi connectivity index (χ1) is 9.99. The van der Waals surface area contributed by atoms with E-state index in [-0.39, 0.29) is 5.56 Å². The van der Waals surface area contributed by atoms with E-state index < -0.39 is 18.5 Å². The summed E-state index contributed by atoms with van der Waals surface area (Å²) in [7, 11) is 0. The zero-order valence-electron chi connectivity index (χ0n) is 11.7. The Morgan fingerprint density at radius 2 is 2.14 bits per heavy atom. The van der Waals surface area contributed by atoms with Crippen LogP contribution in [-0.4, -0.2) is 32.2 Å². The van der Waals surface area contributed by atoms with Crippen LogP contribution in [0.2, 0.25) is 0 Å². The Hall–Kier alpha value is -1.96. The molecule has 1 aromatic carbocycles. The highest BCUT2D eigenvalue weighted by molar-refractivity contribution is 5.89. The highest BCUT2D eigenvalue weighted by atomic mass is 16.3. The third kappa shape index (κ3) is 2.29. The first-order valence-corrected chi connectivity index (χ1v) is 6.88. The number of rotatable bonds is 1. The van der Waals surface area contributed by atoms with Gasteiger partial charge in [0.15, 0.2) is 0 Å². The van der Waals surface area contributed by atoms with Crippen LogP contribution in [-0.2, 0) is 0 Å². The van der Waals surface area contributed by atoms with Crippen LogP contribution in [0, 0.1) is 6.92 Å². The lowest BCUT2D eigenvalue weighted by molar-refractivity contribution is -0.0292. The zero-order valence-corrected chi connectivity index (χ0v) is 11.7. The van der Waals surface area contributed by atoms with Gasteiger partial charge in [0.25, 0.3) is 5.56 Å². The van der Waals surface area contributed by atoms with E-state index in [1.807, 2.05) is 0 Å². The first-order valence-electron chi connectivity index (χ1n) is 6.88. The Morgan fingerprint density at radius 3 is 2.86 bits per heavy atom. The van der Waals surface area contributed by atoms with Crippen LogP contribution in [0.5, 0.6) is 0 Å². The van der Waals surface area contributed by atoms with E-state index in [1.54, 1.807) is 25.1 Å². The number of aliphatic hydroxyl groups excluding tert-OH is 2. The first kappa shape index (κ1) is 14.0. The molecular formula is C14H18N4O3. The maximum absolute atomic E-state index is 12.7. The van der Waals surface area contributed by atoms with Crippen LogP contribution in [0.25, 0.3) is 10.9 Å². The van der Waals surface area contributed by atoms with Crippen molar-refractivity contribution in [1.29, 1.82) is 0 Å². The van der Waals surface area contributed by atoms with Crippen LogP contribution in [0.3, 0.4) is 0 Å². The van der Waals surface area contributed by atoms with Gasteiger partial charge in [-0.3, -0.25) is 14.7 Å². The Kier molecular flexibility index (Phi) is 3.40. The summed E-state index contributed by atoms with van der Waals surface area (Å²) in [4.78, 5) is 17.1. The molecule has 0 saturated carbocycles. The van der Waals surface area contributed by atoms with Gasteiger partial charge in [-0.1, -0.05) is 6.07 Å². The fraction of sp³-hybridized carbons (Fsp3) is 0.429. The number of nitrogens with zero attached hydrogens (tertiary/aromatic N) is 2. The maximum atomic E-state index is 12.7. The van der Waals surface area contributed by atoms with Gasteiger partial charge in [0.1, 0.15) is 18.3 Å². The van der Waals surface area contributed by atoms with E-state index in [2.05, 4.69) is 10.3 Å². The number of anilines is 1. The minimum atomic E-state index is -1.01. The molecule has 1 saturated heterocycles. The molecule has 3 unspecified atom stereocenters. The maximum Gasteiger partial charge on any atom is 0.263 e. The molecule has 21 heavy (non-hydrogen) atoms. The van der Waals surface area contributed by atoms with Crippen molar-refractivity contribution in [3.05, 3.63) is 34.4 Å². The van der Waals surface area contributed by atoms with E-state index in [9.17, 15) is 15.0 Å². The van der Waals surface area contributed by atoms with Crippen LogP contribution in [0.1, 0.15) is 24.7 Å². The number of fused-ring (bicyclic) bond motifs is 1. The lowest BCUT2D eigenvalue weighted by atomic mass is 10.0. The van der Waals surface area contributed by atoms with Crippen molar-refractivity contribution >= 4 is 16.6 Å². The molecule has 3 atom stereocenters. The fourth-order valence-corrected chi connectivity index (χ4v) is 2.92.